The van der Waals surface area contributed by atoms with Crippen molar-refractivity contribution < 1.29 is 9.53 Å². The highest BCUT2D eigenvalue weighted by atomic mass is 32.1. The van der Waals surface area contributed by atoms with Crippen LogP contribution < -0.4 is 11.1 Å². The molecule has 0 radical (unpaired) electrons. The second kappa shape index (κ2) is 6.31. The topological polar surface area (TPSA) is 64.3 Å². The van der Waals surface area contributed by atoms with Crippen LogP contribution in [-0.4, -0.2) is 30.2 Å². The lowest BCUT2D eigenvalue weighted by molar-refractivity contribution is -0.131. The number of ether oxygens (including phenoxy) is 1. The first-order valence-electron chi connectivity index (χ1n) is 6.11. The van der Waals surface area contributed by atoms with Gasteiger partial charge in [0.15, 0.2) is 0 Å². The minimum Gasteiger partial charge on any atom is -0.392 e. The quantitative estimate of drug-likeness (QED) is 0.741. The predicted molar refractivity (Wildman–Crippen MR) is 71.6 cm³/mol. The second-order valence-corrected chi connectivity index (χ2v) is 5.55. The second-order valence-electron chi connectivity index (χ2n) is 5.08. The lowest BCUT2D eigenvalue weighted by atomic mass is 9.88. The summed E-state index contributed by atoms with van der Waals surface area (Å²) in [6.07, 6.45) is 0.773. The molecule has 0 aromatic rings. The minimum atomic E-state index is -0.215. The lowest BCUT2D eigenvalue weighted by Gasteiger charge is -2.30. The molecule has 3 unspecified atom stereocenters. The molecule has 3 N–H and O–H groups in total. The molecule has 0 bridgehead atoms. The average Bonchev–Trinajstić information content (AvgIpc) is 2.25. The number of hydrogen-bond donors (Lipinski definition) is 2. The fraction of sp³-hybridized carbons (Fsp3) is 0.833. The van der Waals surface area contributed by atoms with Crippen molar-refractivity contribution >= 4 is 23.1 Å². The summed E-state index contributed by atoms with van der Waals surface area (Å²) in [7, 11) is 0. The number of hydrogen-bond acceptors (Lipinski definition) is 3. The molecule has 1 amide bonds. The predicted octanol–water partition coefficient (Wildman–Crippen LogP) is 1.09. The molecule has 1 rings (SSSR count). The van der Waals surface area contributed by atoms with Gasteiger partial charge in [0.25, 0.3) is 0 Å². The Labute approximate surface area is 108 Å². The van der Waals surface area contributed by atoms with Gasteiger partial charge >= 0.3 is 0 Å². The fourth-order valence-corrected chi connectivity index (χ4v) is 2.43. The van der Waals surface area contributed by atoms with Crippen LogP contribution in [0.25, 0.3) is 0 Å². The van der Waals surface area contributed by atoms with Crippen LogP contribution in [0, 0.1) is 17.8 Å². The van der Waals surface area contributed by atoms with E-state index in [1.54, 1.807) is 0 Å². The van der Waals surface area contributed by atoms with E-state index in [0.29, 0.717) is 18.2 Å². The molecular formula is C12H22N2O2S. The van der Waals surface area contributed by atoms with E-state index in [1.807, 2.05) is 20.8 Å². The van der Waals surface area contributed by atoms with Crippen molar-refractivity contribution in [1.82, 2.24) is 5.32 Å². The molecular weight excluding hydrogens is 236 g/mol. The Kier molecular flexibility index (Phi) is 5.33. The SMILES string of the molecule is CC(C)C(NC(=O)C1CCOCC1C)C(N)=S. The molecule has 0 aliphatic carbocycles. The molecule has 0 spiro atoms. The van der Waals surface area contributed by atoms with E-state index in [2.05, 4.69) is 5.32 Å². The van der Waals surface area contributed by atoms with Crippen molar-refractivity contribution in [2.24, 2.45) is 23.5 Å². The van der Waals surface area contributed by atoms with Crippen molar-refractivity contribution in [3.63, 3.8) is 0 Å². The molecule has 5 heteroatoms. The van der Waals surface area contributed by atoms with Gasteiger partial charge in [-0.1, -0.05) is 33.0 Å². The molecule has 1 fully saturated rings. The number of carbonyl (C=O) groups excluding carboxylic acids is 1. The first-order chi connectivity index (χ1) is 7.93. The zero-order valence-electron chi connectivity index (χ0n) is 10.7. The van der Waals surface area contributed by atoms with Crippen LogP contribution in [0.4, 0.5) is 0 Å². The van der Waals surface area contributed by atoms with Crippen LogP contribution in [0.3, 0.4) is 0 Å². The molecule has 0 aromatic heterocycles. The van der Waals surface area contributed by atoms with Gasteiger partial charge < -0.3 is 15.8 Å². The smallest absolute Gasteiger partial charge is 0.224 e. The summed E-state index contributed by atoms with van der Waals surface area (Å²) in [6.45, 7) is 7.34. The van der Waals surface area contributed by atoms with Crippen LogP contribution in [0.1, 0.15) is 27.2 Å². The van der Waals surface area contributed by atoms with Gasteiger partial charge in [-0.25, -0.2) is 0 Å². The molecule has 0 aromatic carbocycles. The zero-order valence-corrected chi connectivity index (χ0v) is 11.5. The Balaban J connectivity index is 2.60. The van der Waals surface area contributed by atoms with E-state index < -0.39 is 0 Å². The molecule has 1 aliphatic rings. The lowest BCUT2D eigenvalue weighted by Crippen LogP contribution is -2.50. The van der Waals surface area contributed by atoms with Crippen LogP contribution in [0.15, 0.2) is 0 Å². The molecule has 4 nitrogen and oxygen atoms in total. The van der Waals surface area contributed by atoms with Crippen molar-refractivity contribution in [2.75, 3.05) is 13.2 Å². The average molecular weight is 258 g/mol. The third kappa shape index (κ3) is 3.92. The van der Waals surface area contributed by atoms with E-state index >= 15 is 0 Å². The molecule has 1 saturated heterocycles. The van der Waals surface area contributed by atoms with Gasteiger partial charge in [-0.2, -0.15) is 0 Å². The Bertz CT molecular complexity index is 294. The summed E-state index contributed by atoms with van der Waals surface area (Å²) in [4.78, 5) is 12.5. The Hall–Kier alpha value is -0.680. The standard InChI is InChI=1S/C12H22N2O2S/c1-7(2)10(11(13)17)14-12(15)9-4-5-16-6-8(9)3/h7-10H,4-6H2,1-3H3,(H2,13,17)(H,14,15). The van der Waals surface area contributed by atoms with Crippen LogP contribution >= 0.6 is 12.2 Å². The highest BCUT2D eigenvalue weighted by Crippen LogP contribution is 2.21. The molecule has 1 aliphatic heterocycles. The van der Waals surface area contributed by atoms with Crippen molar-refractivity contribution in [3.05, 3.63) is 0 Å². The maximum atomic E-state index is 12.1. The number of nitrogens with one attached hydrogen (secondary N) is 1. The first kappa shape index (κ1) is 14.4. The van der Waals surface area contributed by atoms with E-state index in [4.69, 9.17) is 22.7 Å². The van der Waals surface area contributed by atoms with Gasteiger partial charge in [-0.3, -0.25) is 4.79 Å². The van der Waals surface area contributed by atoms with Crippen molar-refractivity contribution in [1.29, 1.82) is 0 Å². The monoisotopic (exact) mass is 258 g/mol. The largest absolute Gasteiger partial charge is 0.392 e. The third-order valence-corrected chi connectivity index (χ3v) is 3.50. The number of nitrogens with two attached hydrogens (primary N) is 1. The van der Waals surface area contributed by atoms with Gasteiger partial charge in [-0.05, 0) is 18.3 Å². The van der Waals surface area contributed by atoms with Crippen LogP contribution in [0.5, 0.6) is 0 Å². The molecule has 1 heterocycles. The van der Waals surface area contributed by atoms with Gasteiger partial charge in [0, 0.05) is 19.1 Å². The van der Waals surface area contributed by atoms with Crippen LogP contribution in [-0.2, 0) is 9.53 Å². The first-order valence-corrected chi connectivity index (χ1v) is 6.51. The third-order valence-electron chi connectivity index (χ3n) is 3.25. The summed E-state index contributed by atoms with van der Waals surface area (Å²) >= 11 is 4.98. The van der Waals surface area contributed by atoms with Gasteiger partial charge in [-0.15, -0.1) is 0 Å². The summed E-state index contributed by atoms with van der Waals surface area (Å²) in [5.41, 5.74) is 5.64. The Morgan fingerprint density at radius 2 is 2.18 bits per heavy atom. The summed E-state index contributed by atoms with van der Waals surface area (Å²) in [5.74, 6) is 0.529. The summed E-state index contributed by atoms with van der Waals surface area (Å²) < 4.78 is 5.33. The maximum Gasteiger partial charge on any atom is 0.224 e. The van der Waals surface area contributed by atoms with Crippen molar-refractivity contribution in [2.45, 2.75) is 33.2 Å². The minimum absolute atomic E-state index is 0.0133. The van der Waals surface area contributed by atoms with E-state index in [1.165, 1.54) is 0 Å². The molecule has 17 heavy (non-hydrogen) atoms. The van der Waals surface area contributed by atoms with E-state index in [0.717, 1.165) is 6.42 Å². The van der Waals surface area contributed by atoms with Crippen molar-refractivity contribution in [3.8, 4) is 0 Å². The highest BCUT2D eigenvalue weighted by molar-refractivity contribution is 7.80. The molecule has 3 atom stereocenters. The highest BCUT2D eigenvalue weighted by Gasteiger charge is 2.30. The number of amides is 1. The maximum absolute atomic E-state index is 12.1. The Morgan fingerprint density at radius 1 is 1.53 bits per heavy atom. The van der Waals surface area contributed by atoms with Gasteiger partial charge in [0.1, 0.15) is 0 Å². The van der Waals surface area contributed by atoms with Gasteiger partial charge in [0.05, 0.1) is 11.0 Å². The molecule has 0 saturated carbocycles. The van der Waals surface area contributed by atoms with E-state index in [9.17, 15) is 4.79 Å². The summed E-state index contributed by atoms with van der Waals surface area (Å²) in [6, 6.07) is -0.215. The normalized spacial score (nSPS) is 26.6. The number of thiocarbonyl (C=S) groups is 1. The number of carbonyl (C=O) groups is 1. The molecule has 98 valence electrons. The van der Waals surface area contributed by atoms with Crippen LogP contribution in [0.2, 0.25) is 0 Å². The zero-order chi connectivity index (χ0) is 13.0. The Morgan fingerprint density at radius 3 is 2.65 bits per heavy atom. The summed E-state index contributed by atoms with van der Waals surface area (Å²) in [5, 5.41) is 2.96. The number of rotatable bonds is 4. The van der Waals surface area contributed by atoms with E-state index in [-0.39, 0.29) is 29.7 Å². The fourth-order valence-electron chi connectivity index (χ4n) is 2.10. The van der Waals surface area contributed by atoms with Gasteiger partial charge in [0.2, 0.25) is 5.91 Å².